The van der Waals surface area contributed by atoms with E-state index in [1.807, 2.05) is 6.07 Å². The summed E-state index contributed by atoms with van der Waals surface area (Å²) < 4.78 is 10.9. The van der Waals surface area contributed by atoms with Gasteiger partial charge in [-0.15, -0.1) is 0 Å². The lowest BCUT2D eigenvalue weighted by Crippen LogP contribution is -2.42. The maximum Gasteiger partial charge on any atom is 0.231 e. The van der Waals surface area contributed by atoms with Gasteiger partial charge in [0.25, 0.3) is 0 Å². The van der Waals surface area contributed by atoms with Crippen LogP contribution in [0.25, 0.3) is 0 Å². The fourth-order valence-corrected chi connectivity index (χ4v) is 4.09. The Morgan fingerprint density at radius 3 is 3.05 bits per heavy atom. The van der Waals surface area contributed by atoms with Crippen LogP contribution in [0.15, 0.2) is 18.2 Å². The summed E-state index contributed by atoms with van der Waals surface area (Å²) in [5, 5.41) is 0.729. The van der Waals surface area contributed by atoms with Crippen LogP contribution in [-0.4, -0.2) is 42.3 Å². The van der Waals surface area contributed by atoms with Crippen molar-refractivity contribution in [3.8, 4) is 11.5 Å². The van der Waals surface area contributed by atoms with Crippen LogP contribution in [-0.2, 0) is 0 Å². The first-order valence-corrected chi connectivity index (χ1v) is 8.32. The van der Waals surface area contributed by atoms with E-state index in [2.05, 4.69) is 35.7 Å². The number of rotatable bonds is 4. The summed E-state index contributed by atoms with van der Waals surface area (Å²) in [5.41, 5.74) is 7.28. The lowest BCUT2D eigenvalue weighted by molar-refractivity contribution is 0.173. The van der Waals surface area contributed by atoms with Gasteiger partial charge in [0, 0.05) is 36.7 Å². The summed E-state index contributed by atoms with van der Waals surface area (Å²) in [7, 11) is 0. The van der Waals surface area contributed by atoms with E-state index in [0.29, 0.717) is 13.3 Å². The van der Waals surface area contributed by atoms with Crippen LogP contribution in [0.3, 0.4) is 0 Å². The summed E-state index contributed by atoms with van der Waals surface area (Å²) in [5.74, 6) is 2.88. The zero-order valence-electron chi connectivity index (χ0n) is 11.9. The second-order valence-electron chi connectivity index (χ2n) is 5.26. The lowest BCUT2D eigenvalue weighted by Gasteiger charge is -2.37. The molecule has 0 amide bonds. The Balaban J connectivity index is 1.78. The molecule has 0 radical (unpaired) electrons. The second kappa shape index (κ2) is 6.24. The molecular weight excluding hydrogens is 272 g/mol. The van der Waals surface area contributed by atoms with Gasteiger partial charge < -0.3 is 15.2 Å². The molecule has 2 atom stereocenters. The molecule has 2 unspecified atom stereocenters. The molecule has 0 saturated carbocycles. The first kappa shape index (κ1) is 14.0. The van der Waals surface area contributed by atoms with Gasteiger partial charge in [-0.25, -0.2) is 0 Å². The summed E-state index contributed by atoms with van der Waals surface area (Å²) in [4.78, 5) is 2.52. The zero-order valence-corrected chi connectivity index (χ0v) is 12.7. The summed E-state index contributed by atoms with van der Waals surface area (Å²) in [6.45, 7) is 5.46. The second-order valence-corrected chi connectivity index (χ2v) is 6.67. The largest absolute Gasteiger partial charge is 0.454 e. The number of nitrogens with zero attached hydrogens (tertiary/aromatic N) is 1. The van der Waals surface area contributed by atoms with Crippen molar-refractivity contribution >= 4 is 11.8 Å². The smallest absolute Gasteiger partial charge is 0.231 e. The molecular formula is C15H22N2O2S. The number of ether oxygens (including phenoxy) is 2. The number of hydrogen-bond donors (Lipinski definition) is 1. The van der Waals surface area contributed by atoms with E-state index in [0.717, 1.165) is 29.8 Å². The van der Waals surface area contributed by atoms with Crippen molar-refractivity contribution in [3.63, 3.8) is 0 Å². The summed E-state index contributed by atoms with van der Waals surface area (Å²) >= 11 is 2.08. The van der Waals surface area contributed by atoms with E-state index in [1.165, 1.54) is 17.7 Å². The zero-order chi connectivity index (χ0) is 13.9. The highest BCUT2D eigenvalue weighted by atomic mass is 32.2. The number of benzene rings is 1. The Kier molecular flexibility index (Phi) is 4.38. The summed E-state index contributed by atoms with van der Waals surface area (Å²) in [6.07, 6.45) is 1.22. The molecule has 0 bridgehead atoms. The number of thioether (sulfide) groups is 1. The quantitative estimate of drug-likeness (QED) is 0.923. The number of hydrogen-bond acceptors (Lipinski definition) is 5. The first-order valence-electron chi connectivity index (χ1n) is 7.27. The van der Waals surface area contributed by atoms with Crippen LogP contribution in [0.1, 0.15) is 24.9 Å². The van der Waals surface area contributed by atoms with Crippen molar-refractivity contribution in [1.29, 1.82) is 0 Å². The Bertz CT molecular complexity index is 469. The highest BCUT2D eigenvalue weighted by Gasteiger charge is 2.27. The average Bonchev–Trinajstić information content (AvgIpc) is 2.96. The third-order valence-corrected chi connectivity index (χ3v) is 5.44. The predicted molar refractivity (Wildman–Crippen MR) is 82.5 cm³/mol. The molecule has 1 saturated heterocycles. The van der Waals surface area contributed by atoms with Gasteiger partial charge in [0.2, 0.25) is 6.79 Å². The molecule has 5 heteroatoms. The van der Waals surface area contributed by atoms with Crippen molar-refractivity contribution in [2.24, 2.45) is 5.73 Å². The maximum atomic E-state index is 6.05. The molecule has 3 rings (SSSR count). The molecule has 0 spiro atoms. The molecule has 20 heavy (non-hydrogen) atoms. The standard InChI is InChI=1S/C15H22N2O2S/c1-2-12-9-17(5-6-20-12)13(8-16)11-3-4-14-15(7-11)19-10-18-14/h3-4,7,12-13H,2,5-6,8-10,16H2,1H3. The molecule has 110 valence electrons. The molecule has 0 aromatic heterocycles. The Morgan fingerprint density at radius 2 is 2.25 bits per heavy atom. The summed E-state index contributed by atoms with van der Waals surface area (Å²) in [6, 6.07) is 6.48. The van der Waals surface area contributed by atoms with Gasteiger partial charge in [-0.3, -0.25) is 4.90 Å². The van der Waals surface area contributed by atoms with Gasteiger partial charge in [0.05, 0.1) is 0 Å². The monoisotopic (exact) mass is 294 g/mol. The molecule has 1 aromatic carbocycles. The molecule has 2 N–H and O–H groups in total. The first-order chi connectivity index (χ1) is 9.81. The van der Waals surface area contributed by atoms with Crippen molar-refractivity contribution in [1.82, 2.24) is 4.90 Å². The minimum Gasteiger partial charge on any atom is -0.454 e. The molecule has 0 aliphatic carbocycles. The minimum atomic E-state index is 0.277. The average molecular weight is 294 g/mol. The van der Waals surface area contributed by atoms with Gasteiger partial charge in [0.1, 0.15) is 0 Å². The van der Waals surface area contributed by atoms with E-state index in [9.17, 15) is 0 Å². The van der Waals surface area contributed by atoms with E-state index in [-0.39, 0.29) is 6.04 Å². The lowest BCUT2D eigenvalue weighted by atomic mass is 10.0. The van der Waals surface area contributed by atoms with Crippen LogP contribution in [0.2, 0.25) is 0 Å². The highest BCUT2D eigenvalue weighted by molar-refractivity contribution is 8.00. The van der Waals surface area contributed by atoms with Gasteiger partial charge in [0.15, 0.2) is 11.5 Å². The molecule has 2 heterocycles. The van der Waals surface area contributed by atoms with Crippen LogP contribution < -0.4 is 15.2 Å². The highest BCUT2D eigenvalue weighted by Crippen LogP contribution is 2.36. The van der Waals surface area contributed by atoms with E-state index < -0.39 is 0 Å². The van der Waals surface area contributed by atoms with Gasteiger partial charge in [-0.05, 0) is 24.1 Å². The van der Waals surface area contributed by atoms with Crippen LogP contribution in [0.4, 0.5) is 0 Å². The van der Waals surface area contributed by atoms with Gasteiger partial charge in [-0.1, -0.05) is 13.0 Å². The Hall–Kier alpha value is -0.910. The number of nitrogens with two attached hydrogens (primary N) is 1. The predicted octanol–water partition coefficient (Wildman–Crippen LogP) is 2.24. The van der Waals surface area contributed by atoms with Gasteiger partial charge in [-0.2, -0.15) is 11.8 Å². The SMILES string of the molecule is CCC1CN(C(CN)c2ccc3c(c2)OCO3)CCS1. The van der Waals surface area contributed by atoms with Crippen LogP contribution >= 0.6 is 11.8 Å². The van der Waals surface area contributed by atoms with Crippen molar-refractivity contribution in [3.05, 3.63) is 23.8 Å². The molecule has 4 nitrogen and oxygen atoms in total. The third-order valence-electron chi connectivity index (χ3n) is 4.07. The maximum absolute atomic E-state index is 6.05. The number of fused-ring (bicyclic) bond motifs is 1. The van der Waals surface area contributed by atoms with Crippen molar-refractivity contribution < 1.29 is 9.47 Å². The van der Waals surface area contributed by atoms with Crippen molar-refractivity contribution in [2.45, 2.75) is 24.6 Å². The molecule has 1 aromatic rings. The van der Waals surface area contributed by atoms with E-state index in [1.54, 1.807) is 0 Å². The van der Waals surface area contributed by atoms with Crippen molar-refractivity contribution in [2.75, 3.05) is 32.2 Å². The topological polar surface area (TPSA) is 47.7 Å². The fraction of sp³-hybridized carbons (Fsp3) is 0.600. The minimum absolute atomic E-state index is 0.277. The molecule has 2 aliphatic rings. The normalized spacial score (nSPS) is 23.8. The van der Waals surface area contributed by atoms with E-state index in [4.69, 9.17) is 15.2 Å². The molecule has 1 fully saturated rings. The third kappa shape index (κ3) is 2.75. The van der Waals surface area contributed by atoms with Crippen LogP contribution in [0, 0.1) is 0 Å². The molecule has 2 aliphatic heterocycles. The Morgan fingerprint density at radius 1 is 1.40 bits per heavy atom. The Labute approximate surface area is 124 Å². The fourth-order valence-electron chi connectivity index (χ4n) is 2.89. The van der Waals surface area contributed by atoms with E-state index >= 15 is 0 Å². The van der Waals surface area contributed by atoms with Crippen LogP contribution in [0.5, 0.6) is 11.5 Å². The van der Waals surface area contributed by atoms with Gasteiger partial charge >= 0.3 is 0 Å².